The number of hydrogen-bond donors (Lipinski definition) is 0. The lowest BCUT2D eigenvalue weighted by Crippen LogP contribution is -2.39. The van der Waals surface area contributed by atoms with Gasteiger partial charge in [-0.3, -0.25) is 9.00 Å². The number of hydrogen-bond acceptors (Lipinski definition) is 4. The Balaban J connectivity index is 2.75. The second-order valence-corrected chi connectivity index (χ2v) is 8.11. The first-order valence-corrected chi connectivity index (χ1v) is 7.53. The van der Waals surface area contributed by atoms with E-state index in [4.69, 9.17) is 4.74 Å². The first kappa shape index (κ1) is 15.6. The molecule has 1 saturated heterocycles. The van der Waals surface area contributed by atoms with E-state index >= 15 is 0 Å². The predicted molar refractivity (Wildman–Crippen MR) is 71.9 cm³/mol. The van der Waals surface area contributed by atoms with Crippen molar-refractivity contribution in [2.45, 2.75) is 69.2 Å². The van der Waals surface area contributed by atoms with Gasteiger partial charge in [-0.15, -0.1) is 0 Å². The molecule has 0 radical (unpaired) electrons. The molecule has 5 heteroatoms. The van der Waals surface area contributed by atoms with Gasteiger partial charge in [0.05, 0.1) is 30.0 Å². The highest BCUT2D eigenvalue weighted by Gasteiger charge is 2.49. The summed E-state index contributed by atoms with van der Waals surface area (Å²) in [5, 5.41) is -0.258. The van der Waals surface area contributed by atoms with Crippen molar-refractivity contribution in [2.75, 3.05) is 7.11 Å². The molecule has 0 aromatic rings. The van der Waals surface area contributed by atoms with E-state index in [1.54, 1.807) is 0 Å². The molecule has 1 heterocycles. The Morgan fingerprint density at radius 2 is 2.00 bits per heavy atom. The van der Waals surface area contributed by atoms with Gasteiger partial charge in [0.1, 0.15) is 0 Å². The van der Waals surface area contributed by atoms with Crippen molar-refractivity contribution < 1.29 is 18.5 Å². The van der Waals surface area contributed by atoms with Crippen LogP contribution in [0, 0.1) is 0 Å². The lowest BCUT2D eigenvalue weighted by Gasteiger charge is -2.28. The quantitative estimate of drug-likeness (QED) is 0.737. The molecular weight excluding hydrogens is 252 g/mol. The van der Waals surface area contributed by atoms with E-state index in [9.17, 15) is 9.00 Å². The van der Waals surface area contributed by atoms with Gasteiger partial charge in [0.15, 0.2) is 0 Å². The number of carbonyl (C=O) groups is 1. The van der Waals surface area contributed by atoms with Crippen molar-refractivity contribution in [1.82, 2.24) is 0 Å². The number of rotatable bonds is 4. The van der Waals surface area contributed by atoms with E-state index in [0.717, 1.165) is 6.42 Å². The molecule has 0 N–H and O–H groups in total. The van der Waals surface area contributed by atoms with Crippen LogP contribution in [0.1, 0.15) is 47.5 Å². The highest BCUT2D eigenvalue weighted by Crippen LogP contribution is 2.41. The zero-order chi connectivity index (χ0) is 14.1. The van der Waals surface area contributed by atoms with Gasteiger partial charge in [-0.2, -0.15) is 0 Å². The Morgan fingerprint density at radius 1 is 1.44 bits per heavy atom. The minimum absolute atomic E-state index is 0.0489. The summed E-state index contributed by atoms with van der Waals surface area (Å²) in [5.74, 6) is -0.313. The van der Waals surface area contributed by atoms with Crippen LogP contribution in [0.4, 0.5) is 0 Å². The first-order valence-electron chi connectivity index (χ1n) is 6.25. The standard InChI is InChI=1S/C13H24O4S/c1-9(7-11(14)16-6)18(15)10-8-12(2,3)17-13(10,4)5/h9-10H,7-8H2,1-6H3. The van der Waals surface area contributed by atoms with Gasteiger partial charge >= 0.3 is 5.97 Å². The Kier molecular flexibility index (Phi) is 4.60. The fraction of sp³-hybridized carbons (Fsp3) is 0.923. The van der Waals surface area contributed by atoms with Crippen LogP contribution < -0.4 is 0 Å². The van der Waals surface area contributed by atoms with Gasteiger partial charge in [0.25, 0.3) is 0 Å². The molecule has 1 aliphatic heterocycles. The molecule has 106 valence electrons. The van der Waals surface area contributed by atoms with Crippen molar-refractivity contribution in [3.05, 3.63) is 0 Å². The van der Waals surface area contributed by atoms with Crippen molar-refractivity contribution in [1.29, 1.82) is 0 Å². The molecule has 3 unspecified atom stereocenters. The number of esters is 1. The van der Waals surface area contributed by atoms with Gasteiger partial charge in [-0.1, -0.05) is 6.92 Å². The van der Waals surface area contributed by atoms with Crippen molar-refractivity contribution in [2.24, 2.45) is 0 Å². The molecule has 1 rings (SSSR count). The summed E-state index contributed by atoms with van der Waals surface area (Å²) in [6.07, 6.45) is 0.939. The Morgan fingerprint density at radius 3 is 2.39 bits per heavy atom. The highest BCUT2D eigenvalue weighted by atomic mass is 32.2. The summed E-state index contributed by atoms with van der Waals surface area (Å²) >= 11 is 0. The van der Waals surface area contributed by atoms with Crippen molar-refractivity contribution in [3.8, 4) is 0 Å². The summed E-state index contributed by atoms with van der Waals surface area (Å²) in [7, 11) is 0.247. The second-order valence-electron chi connectivity index (χ2n) is 6.08. The van der Waals surface area contributed by atoms with Crippen LogP contribution in [0.2, 0.25) is 0 Å². The molecule has 0 bridgehead atoms. The summed E-state index contributed by atoms with van der Waals surface area (Å²) in [5.41, 5.74) is -0.673. The molecular formula is C13H24O4S. The van der Waals surface area contributed by atoms with Gasteiger partial charge in [-0.05, 0) is 34.1 Å². The van der Waals surface area contributed by atoms with E-state index < -0.39 is 16.4 Å². The topological polar surface area (TPSA) is 52.6 Å². The maximum atomic E-state index is 12.5. The molecule has 1 aliphatic rings. The third kappa shape index (κ3) is 3.54. The fourth-order valence-corrected chi connectivity index (χ4v) is 4.59. The van der Waals surface area contributed by atoms with E-state index in [1.807, 2.05) is 34.6 Å². The minimum atomic E-state index is -1.10. The Bertz CT molecular complexity index is 349. The smallest absolute Gasteiger partial charge is 0.306 e. The number of ether oxygens (including phenoxy) is 2. The molecule has 0 aromatic carbocycles. The maximum absolute atomic E-state index is 12.5. The molecule has 18 heavy (non-hydrogen) atoms. The maximum Gasteiger partial charge on any atom is 0.306 e. The van der Waals surface area contributed by atoms with Crippen LogP contribution in [0.15, 0.2) is 0 Å². The largest absolute Gasteiger partial charge is 0.469 e. The molecule has 0 spiro atoms. The van der Waals surface area contributed by atoms with Crippen LogP contribution in [0.5, 0.6) is 0 Å². The van der Waals surface area contributed by atoms with E-state index in [2.05, 4.69) is 4.74 Å². The van der Waals surface area contributed by atoms with E-state index in [-0.39, 0.29) is 28.5 Å². The monoisotopic (exact) mass is 276 g/mol. The number of carbonyl (C=O) groups excluding carboxylic acids is 1. The molecule has 0 aromatic heterocycles. The normalized spacial score (nSPS) is 28.7. The summed E-state index contributed by atoms with van der Waals surface area (Å²) in [6.45, 7) is 9.78. The van der Waals surface area contributed by atoms with Crippen LogP contribution in [-0.2, 0) is 25.1 Å². The van der Waals surface area contributed by atoms with Crippen molar-refractivity contribution >= 4 is 16.8 Å². The summed E-state index contributed by atoms with van der Waals surface area (Å²) in [4.78, 5) is 11.2. The Hall–Kier alpha value is -0.420. The molecule has 0 aliphatic carbocycles. The molecule has 4 nitrogen and oxygen atoms in total. The Labute approximate surface area is 112 Å². The van der Waals surface area contributed by atoms with Gasteiger partial charge in [0.2, 0.25) is 0 Å². The third-order valence-corrected chi connectivity index (χ3v) is 5.61. The summed E-state index contributed by atoms with van der Waals surface area (Å²) in [6, 6.07) is 0. The van der Waals surface area contributed by atoms with Crippen LogP contribution in [-0.4, -0.2) is 39.0 Å². The minimum Gasteiger partial charge on any atom is -0.469 e. The molecule has 0 saturated carbocycles. The molecule has 1 fully saturated rings. The predicted octanol–water partition coefficient (Wildman–Crippen LogP) is 2.03. The average Bonchev–Trinajstić information content (AvgIpc) is 2.45. The van der Waals surface area contributed by atoms with E-state index in [0.29, 0.717) is 0 Å². The van der Waals surface area contributed by atoms with Crippen molar-refractivity contribution in [3.63, 3.8) is 0 Å². The third-order valence-electron chi connectivity index (χ3n) is 3.35. The van der Waals surface area contributed by atoms with Gasteiger partial charge in [-0.25, -0.2) is 0 Å². The van der Waals surface area contributed by atoms with Crippen LogP contribution in [0.3, 0.4) is 0 Å². The van der Waals surface area contributed by atoms with Gasteiger partial charge < -0.3 is 9.47 Å². The molecule has 3 atom stereocenters. The van der Waals surface area contributed by atoms with E-state index in [1.165, 1.54) is 7.11 Å². The zero-order valence-electron chi connectivity index (χ0n) is 12.1. The SMILES string of the molecule is COC(=O)CC(C)S(=O)C1CC(C)(C)OC1(C)C. The zero-order valence-corrected chi connectivity index (χ0v) is 12.9. The lowest BCUT2D eigenvalue weighted by atomic mass is 10.0. The van der Waals surface area contributed by atoms with Gasteiger partial charge in [0, 0.05) is 16.0 Å². The van der Waals surface area contributed by atoms with Crippen LogP contribution >= 0.6 is 0 Å². The average molecular weight is 276 g/mol. The highest BCUT2D eigenvalue weighted by molar-refractivity contribution is 7.86. The first-order chi connectivity index (χ1) is 8.09. The summed E-state index contributed by atoms with van der Waals surface area (Å²) < 4.78 is 23.1. The molecule has 0 amide bonds. The fourth-order valence-electron chi connectivity index (χ4n) is 2.55. The number of methoxy groups -OCH3 is 1. The second kappa shape index (κ2) is 5.29. The van der Waals surface area contributed by atoms with Crippen LogP contribution in [0.25, 0.3) is 0 Å². The lowest BCUT2D eigenvalue weighted by molar-refractivity contribution is -0.140.